The molecule has 0 bridgehead atoms. The van der Waals surface area contributed by atoms with Crippen LogP contribution in [0.25, 0.3) is 10.9 Å². The Morgan fingerprint density at radius 1 is 1.07 bits per heavy atom. The molecule has 27 heavy (non-hydrogen) atoms. The molecule has 140 valence electrons. The number of H-pyrrole nitrogens is 1. The summed E-state index contributed by atoms with van der Waals surface area (Å²) in [5.74, 6) is 0.211. The SMILES string of the molecule is Fc1cc(Cl)c2c(N3CCN(c4ncc(Cl)cc4F)CC34CC4)n[nH]c2c1. The first kappa shape index (κ1) is 17.0. The molecule has 0 unspecified atom stereocenters. The summed E-state index contributed by atoms with van der Waals surface area (Å²) < 4.78 is 27.9. The second-order valence-electron chi connectivity index (χ2n) is 7.11. The van der Waals surface area contributed by atoms with Gasteiger partial charge in [-0.15, -0.1) is 0 Å². The highest BCUT2D eigenvalue weighted by Crippen LogP contribution is 2.48. The number of fused-ring (bicyclic) bond motifs is 1. The number of hydrogen-bond acceptors (Lipinski definition) is 4. The summed E-state index contributed by atoms with van der Waals surface area (Å²) in [5.41, 5.74) is 0.421. The minimum atomic E-state index is -0.421. The Labute approximate surface area is 163 Å². The highest BCUT2D eigenvalue weighted by Gasteiger charge is 2.53. The number of anilines is 2. The average molecular weight is 410 g/mol. The molecule has 2 aliphatic rings. The average Bonchev–Trinajstić information content (AvgIpc) is 3.23. The van der Waals surface area contributed by atoms with Crippen LogP contribution in [-0.2, 0) is 0 Å². The molecule has 5 nitrogen and oxygen atoms in total. The molecule has 0 radical (unpaired) electrons. The lowest BCUT2D eigenvalue weighted by atomic mass is 10.1. The van der Waals surface area contributed by atoms with Crippen LogP contribution in [0.4, 0.5) is 20.4 Å². The van der Waals surface area contributed by atoms with Crippen molar-refractivity contribution in [2.45, 2.75) is 18.4 Å². The number of nitrogens with zero attached hydrogens (tertiary/aromatic N) is 4. The molecule has 1 aliphatic carbocycles. The largest absolute Gasteiger partial charge is 0.350 e. The van der Waals surface area contributed by atoms with Gasteiger partial charge in [0.15, 0.2) is 17.5 Å². The van der Waals surface area contributed by atoms with E-state index in [2.05, 4.69) is 20.1 Å². The van der Waals surface area contributed by atoms with Crippen LogP contribution in [0, 0.1) is 11.6 Å². The van der Waals surface area contributed by atoms with Gasteiger partial charge in [-0.3, -0.25) is 5.10 Å². The number of pyridine rings is 1. The first-order valence-corrected chi connectivity index (χ1v) is 9.39. The van der Waals surface area contributed by atoms with E-state index in [1.165, 1.54) is 24.4 Å². The van der Waals surface area contributed by atoms with Gasteiger partial charge in [0.05, 0.1) is 26.5 Å². The van der Waals surface area contributed by atoms with Crippen LogP contribution < -0.4 is 9.80 Å². The normalized spacial score (nSPS) is 18.5. The highest BCUT2D eigenvalue weighted by molar-refractivity contribution is 6.36. The number of rotatable bonds is 2. The van der Waals surface area contributed by atoms with Gasteiger partial charge in [-0.1, -0.05) is 23.2 Å². The van der Waals surface area contributed by atoms with E-state index in [0.717, 1.165) is 18.7 Å². The minimum absolute atomic E-state index is 0.147. The molecule has 5 rings (SSSR count). The van der Waals surface area contributed by atoms with Crippen molar-refractivity contribution in [3.8, 4) is 0 Å². The fourth-order valence-corrected chi connectivity index (χ4v) is 4.39. The molecule has 3 heterocycles. The fraction of sp³-hybridized carbons (Fsp3) is 0.333. The Morgan fingerprint density at radius 2 is 1.89 bits per heavy atom. The molecule has 9 heteroatoms. The van der Waals surface area contributed by atoms with Gasteiger partial charge in [0.25, 0.3) is 0 Å². The van der Waals surface area contributed by atoms with E-state index < -0.39 is 11.6 Å². The number of aromatic amines is 1. The summed E-state index contributed by atoms with van der Waals surface area (Å²) in [5, 5.41) is 8.61. The topological polar surface area (TPSA) is 48.1 Å². The molecule has 1 aromatic carbocycles. The minimum Gasteiger partial charge on any atom is -0.350 e. The summed E-state index contributed by atoms with van der Waals surface area (Å²) in [6.45, 7) is 1.85. The van der Waals surface area contributed by atoms with Crippen molar-refractivity contribution < 1.29 is 8.78 Å². The smallest absolute Gasteiger partial charge is 0.167 e. The van der Waals surface area contributed by atoms with E-state index in [1.807, 2.05) is 4.90 Å². The van der Waals surface area contributed by atoms with Crippen LogP contribution in [-0.4, -0.2) is 40.4 Å². The maximum atomic E-state index is 14.3. The molecule has 3 aromatic rings. The monoisotopic (exact) mass is 409 g/mol. The third kappa shape index (κ3) is 2.72. The molecule has 1 saturated carbocycles. The predicted molar refractivity (Wildman–Crippen MR) is 102 cm³/mol. The van der Waals surface area contributed by atoms with Gasteiger partial charge in [0, 0.05) is 25.8 Å². The predicted octanol–water partition coefficient (Wildman–Crippen LogP) is 4.40. The second kappa shape index (κ2) is 5.94. The van der Waals surface area contributed by atoms with Crippen LogP contribution in [0.15, 0.2) is 24.4 Å². The van der Waals surface area contributed by atoms with Gasteiger partial charge in [-0.2, -0.15) is 5.10 Å². The second-order valence-corrected chi connectivity index (χ2v) is 7.96. The standard InChI is InChI=1S/C18H15Cl2F2N5/c19-10-5-13(22)16(23-8-10)26-3-4-27(18(9-26)1-2-18)17-15-12(20)6-11(21)7-14(15)24-25-17/h5-8H,1-4,9H2,(H,24,25). The van der Waals surface area contributed by atoms with Crippen molar-refractivity contribution in [3.63, 3.8) is 0 Å². The first-order valence-electron chi connectivity index (χ1n) is 8.64. The number of aromatic nitrogens is 3. The Morgan fingerprint density at radius 3 is 2.63 bits per heavy atom. The lowest BCUT2D eigenvalue weighted by molar-refractivity contribution is 0.494. The van der Waals surface area contributed by atoms with E-state index in [1.54, 1.807) is 0 Å². The lowest BCUT2D eigenvalue weighted by Crippen LogP contribution is -2.56. The molecule has 1 N–H and O–H groups in total. The Kier molecular flexibility index (Phi) is 3.74. The van der Waals surface area contributed by atoms with Crippen molar-refractivity contribution in [1.82, 2.24) is 15.2 Å². The number of benzene rings is 1. The van der Waals surface area contributed by atoms with Gasteiger partial charge in [0.2, 0.25) is 0 Å². The Hall–Kier alpha value is -2.12. The Bertz CT molecular complexity index is 1050. The van der Waals surface area contributed by atoms with Crippen molar-refractivity contribution in [3.05, 3.63) is 46.1 Å². The molecule has 1 saturated heterocycles. The summed E-state index contributed by atoms with van der Waals surface area (Å²) >= 11 is 12.1. The third-order valence-corrected chi connectivity index (χ3v) is 5.89. The van der Waals surface area contributed by atoms with Gasteiger partial charge < -0.3 is 9.80 Å². The number of nitrogens with one attached hydrogen (secondary N) is 1. The summed E-state index contributed by atoms with van der Waals surface area (Å²) in [6.07, 6.45) is 3.39. The summed E-state index contributed by atoms with van der Waals surface area (Å²) in [7, 11) is 0. The molecule has 1 aliphatic heterocycles. The summed E-state index contributed by atoms with van der Waals surface area (Å²) in [6, 6.07) is 3.97. The number of hydrogen-bond donors (Lipinski definition) is 1. The third-order valence-electron chi connectivity index (χ3n) is 5.38. The van der Waals surface area contributed by atoms with Crippen molar-refractivity contribution in [1.29, 1.82) is 0 Å². The highest BCUT2D eigenvalue weighted by atomic mass is 35.5. The molecule has 2 aromatic heterocycles. The van der Waals surface area contributed by atoms with Crippen LogP contribution in [0.1, 0.15) is 12.8 Å². The maximum Gasteiger partial charge on any atom is 0.167 e. The quantitative estimate of drug-likeness (QED) is 0.681. The van der Waals surface area contributed by atoms with Gasteiger partial charge in [-0.25, -0.2) is 13.8 Å². The summed E-state index contributed by atoms with van der Waals surface area (Å²) in [4.78, 5) is 8.33. The van der Waals surface area contributed by atoms with Crippen LogP contribution in [0.5, 0.6) is 0 Å². The Balaban J connectivity index is 1.49. The fourth-order valence-electron chi connectivity index (χ4n) is 3.95. The number of halogens is 4. The molecular weight excluding hydrogens is 395 g/mol. The van der Waals surface area contributed by atoms with E-state index in [4.69, 9.17) is 23.2 Å². The van der Waals surface area contributed by atoms with Gasteiger partial charge >= 0.3 is 0 Å². The van der Waals surface area contributed by atoms with E-state index in [9.17, 15) is 8.78 Å². The van der Waals surface area contributed by atoms with E-state index >= 15 is 0 Å². The lowest BCUT2D eigenvalue weighted by Gasteiger charge is -2.43. The first-order chi connectivity index (χ1) is 13.0. The van der Waals surface area contributed by atoms with Gasteiger partial charge in [0.1, 0.15) is 5.82 Å². The van der Waals surface area contributed by atoms with Crippen molar-refractivity contribution in [2.75, 3.05) is 29.4 Å². The maximum absolute atomic E-state index is 14.3. The molecular formula is C18H15Cl2F2N5. The van der Waals surface area contributed by atoms with E-state index in [-0.39, 0.29) is 10.6 Å². The van der Waals surface area contributed by atoms with Crippen LogP contribution >= 0.6 is 23.2 Å². The zero-order valence-corrected chi connectivity index (χ0v) is 15.7. The van der Waals surface area contributed by atoms with Crippen LogP contribution in [0.2, 0.25) is 10.0 Å². The van der Waals surface area contributed by atoms with E-state index in [0.29, 0.717) is 41.4 Å². The molecule has 0 atom stereocenters. The molecule has 2 fully saturated rings. The van der Waals surface area contributed by atoms with Crippen LogP contribution in [0.3, 0.4) is 0 Å². The van der Waals surface area contributed by atoms with Crippen molar-refractivity contribution >= 4 is 45.7 Å². The van der Waals surface area contributed by atoms with Gasteiger partial charge in [-0.05, 0) is 31.0 Å². The molecule has 0 amide bonds. The zero-order chi connectivity index (χ0) is 18.8. The number of piperazine rings is 1. The zero-order valence-electron chi connectivity index (χ0n) is 14.1. The van der Waals surface area contributed by atoms with Crippen molar-refractivity contribution in [2.24, 2.45) is 0 Å². The molecule has 1 spiro atoms.